The van der Waals surface area contributed by atoms with E-state index in [4.69, 9.17) is 14.2 Å². The van der Waals surface area contributed by atoms with Gasteiger partial charge in [-0.2, -0.15) is 4.98 Å². The van der Waals surface area contributed by atoms with Crippen LogP contribution in [0.5, 0.6) is 16.7 Å². The van der Waals surface area contributed by atoms with Gasteiger partial charge in [-0.3, -0.25) is 9.36 Å². The zero-order valence-electron chi connectivity index (χ0n) is 13.1. The average Bonchev–Trinajstić information content (AvgIpc) is 3.26. The number of hydrogen-bond donors (Lipinski definition) is 0. The minimum absolute atomic E-state index is 0.0141. The third kappa shape index (κ3) is 2.58. The molecule has 1 aromatic carbocycles. The number of hydrogen-bond acceptors (Lipinski definition) is 8. The zero-order chi connectivity index (χ0) is 17.1. The predicted octanol–water partition coefficient (Wildman–Crippen LogP) is 1.87. The molecule has 0 bridgehead atoms. The summed E-state index contributed by atoms with van der Waals surface area (Å²) < 4.78 is 17.4. The number of carbonyl (C=O) groups excluding carboxylic acids is 1. The molecular formula is C15H13N4O4S. The molecule has 8 nitrogen and oxygen atoms in total. The lowest BCUT2D eigenvalue weighted by Crippen LogP contribution is -2.07. The summed E-state index contributed by atoms with van der Waals surface area (Å²) in [5.74, 6) is 1.33. The molecule has 2 aromatic heterocycles. The Kier molecular flexibility index (Phi) is 4.43. The highest BCUT2D eigenvalue weighted by Gasteiger charge is 2.23. The normalized spacial score (nSPS) is 10.5. The van der Waals surface area contributed by atoms with Crippen molar-refractivity contribution in [2.75, 3.05) is 21.3 Å². The summed E-state index contributed by atoms with van der Waals surface area (Å²) in [6.07, 6.45) is 1.78. The fraction of sp³-hybridized carbons (Fsp3) is 0.200. The highest BCUT2D eigenvalue weighted by Crippen LogP contribution is 2.36. The van der Waals surface area contributed by atoms with Gasteiger partial charge in [0.1, 0.15) is 22.9 Å². The third-order valence-corrected chi connectivity index (χ3v) is 4.07. The Morgan fingerprint density at radius 3 is 2.33 bits per heavy atom. The molecule has 0 unspecified atom stereocenters. The van der Waals surface area contributed by atoms with E-state index < -0.39 is 0 Å². The van der Waals surface area contributed by atoms with E-state index in [0.29, 0.717) is 33.9 Å². The Bertz CT molecular complexity index is 852. The molecule has 3 rings (SSSR count). The molecule has 0 saturated carbocycles. The van der Waals surface area contributed by atoms with Crippen LogP contribution in [0.1, 0.15) is 5.82 Å². The van der Waals surface area contributed by atoms with Gasteiger partial charge in [0.15, 0.2) is 5.82 Å². The first-order valence-electron chi connectivity index (χ1n) is 6.78. The molecule has 0 atom stereocenters. The molecule has 0 amide bonds. The summed E-state index contributed by atoms with van der Waals surface area (Å²) in [7, 11) is 4.58. The Morgan fingerprint density at radius 1 is 1.08 bits per heavy atom. The molecule has 0 aliphatic heterocycles. The fourth-order valence-electron chi connectivity index (χ4n) is 2.23. The van der Waals surface area contributed by atoms with Crippen molar-refractivity contribution < 1.29 is 19.0 Å². The smallest absolute Gasteiger partial charge is 0.274 e. The molecule has 0 fully saturated rings. The third-order valence-electron chi connectivity index (χ3n) is 3.27. The van der Waals surface area contributed by atoms with Gasteiger partial charge in [-0.15, -0.1) is 10.2 Å². The van der Waals surface area contributed by atoms with E-state index in [2.05, 4.69) is 15.2 Å². The molecule has 9 heteroatoms. The van der Waals surface area contributed by atoms with Gasteiger partial charge in [-0.1, -0.05) is 17.4 Å². The van der Waals surface area contributed by atoms with Crippen molar-refractivity contribution >= 4 is 17.6 Å². The number of aromatic nitrogens is 4. The van der Waals surface area contributed by atoms with Crippen molar-refractivity contribution in [3.05, 3.63) is 29.4 Å². The Morgan fingerprint density at radius 2 is 1.79 bits per heavy atom. The first kappa shape index (κ1) is 15.9. The molecule has 0 saturated heterocycles. The van der Waals surface area contributed by atoms with Gasteiger partial charge >= 0.3 is 0 Å². The highest BCUT2D eigenvalue weighted by molar-refractivity contribution is 7.11. The standard InChI is InChI=1S/C15H13N4O4S/c1-21-10-5-4-6-11(22-2)13(10)19-12(7-20)17-18-14(19)9-8-24-15(16-9)23-3/h4-6,8H,1-3H3. The molecule has 0 N–H and O–H groups in total. The molecule has 2 heterocycles. The Balaban J connectivity index is 2.28. The number of nitrogens with zero attached hydrogens (tertiary/aromatic N) is 4. The lowest BCUT2D eigenvalue weighted by atomic mass is 10.2. The number of rotatable bonds is 6. The summed E-state index contributed by atoms with van der Waals surface area (Å²) in [4.78, 5) is 15.6. The summed E-state index contributed by atoms with van der Waals surface area (Å²) >= 11 is 1.31. The largest absolute Gasteiger partial charge is 0.494 e. The van der Waals surface area contributed by atoms with Crippen LogP contribution in [0.25, 0.3) is 17.2 Å². The van der Waals surface area contributed by atoms with E-state index >= 15 is 0 Å². The maximum Gasteiger partial charge on any atom is 0.274 e. The van der Waals surface area contributed by atoms with Crippen molar-refractivity contribution in [3.63, 3.8) is 0 Å². The summed E-state index contributed by atoms with van der Waals surface area (Å²) in [6.45, 7) is 0. The lowest BCUT2D eigenvalue weighted by molar-refractivity contribution is 0.391. The number of methoxy groups -OCH3 is 3. The van der Waals surface area contributed by atoms with Crippen molar-refractivity contribution in [1.82, 2.24) is 19.7 Å². The number of thiazole rings is 1. The average molecular weight is 345 g/mol. The van der Waals surface area contributed by atoms with Gasteiger partial charge in [-0.25, -0.2) is 0 Å². The van der Waals surface area contributed by atoms with Gasteiger partial charge < -0.3 is 14.2 Å². The number of para-hydroxylation sites is 1. The quantitative estimate of drug-likeness (QED) is 0.674. The summed E-state index contributed by atoms with van der Waals surface area (Å²) in [5, 5.41) is 10.2. The van der Waals surface area contributed by atoms with Crippen molar-refractivity contribution in [3.8, 4) is 33.9 Å². The van der Waals surface area contributed by atoms with E-state index in [1.54, 1.807) is 29.9 Å². The Labute approximate surface area is 141 Å². The summed E-state index contributed by atoms with van der Waals surface area (Å²) in [6, 6.07) is 5.27. The van der Waals surface area contributed by atoms with Crippen LogP contribution in [0, 0.1) is 0 Å². The topological polar surface area (TPSA) is 88.4 Å². The van der Waals surface area contributed by atoms with Gasteiger partial charge in [0.25, 0.3) is 11.5 Å². The van der Waals surface area contributed by atoms with Crippen molar-refractivity contribution in [2.24, 2.45) is 0 Å². The van der Waals surface area contributed by atoms with Crippen LogP contribution in [0.4, 0.5) is 0 Å². The van der Waals surface area contributed by atoms with Crippen LogP contribution in [-0.2, 0) is 4.79 Å². The van der Waals surface area contributed by atoms with Crippen LogP contribution in [0.2, 0.25) is 0 Å². The van der Waals surface area contributed by atoms with E-state index in [-0.39, 0.29) is 5.82 Å². The second-order valence-corrected chi connectivity index (χ2v) is 5.32. The molecule has 123 valence electrons. The van der Waals surface area contributed by atoms with E-state index in [9.17, 15) is 4.79 Å². The first-order valence-corrected chi connectivity index (χ1v) is 7.66. The number of benzene rings is 1. The van der Waals surface area contributed by atoms with Gasteiger partial charge in [0.05, 0.1) is 21.3 Å². The van der Waals surface area contributed by atoms with Gasteiger partial charge in [0.2, 0.25) is 5.82 Å². The second-order valence-electron chi connectivity index (χ2n) is 4.50. The molecular weight excluding hydrogens is 332 g/mol. The molecule has 3 aromatic rings. The van der Waals surface area contributed by atoms with Crippen LogP contribution >= 0.6 is 11.3 Å². The predicted molar refractivity (Wildman–Crippen MR) is 86.9 cm³/mol. The van der Waals surface area contributed by atoms with Crippen LogP contribution < -0.4 is 14.2 Å². The molecule has 24 heavy (non-hydrogen) atoms. The molecule has 0 spiro atoms. The van der Waals surface area contributed by atoms with Crippen LogP contribution in [0.3, 0.4) is 0 Å². The SMILES string of the molecule is COc1nc(-c2nnc([C]=O)n2-c2c(OC)cccc2OC)cs1. The lowest BCUT2D eigenvalue weighted by Gasteiger charge is -2.15. The fourth-order valence-corrected chi connectivity index (χ4v) is 2.85. The molecule has 0 aliphatic rings. The van der Waals surface area contributed by atoms with Gasteiger partial charge in [-0.05, 0) is 12.1 Å². The minimum Gasteiger partial charge on any atom is -0.494 e. The molecule has 1 radical (unpaired) electrons. The van der Waals surface area contributed by atoms with Crippen LogP contribution in [-0.4, -0.2) is 47.4 Å². The Hall–Kier alpha value is -2.94. The molecule has 0 aliphatic carbocycles. The van der Waals surface area contributed by atoms with Crippen molar-refractivity contribution in [1.29, 1.82) is 0 Å². The number of ether oxygens (including phenoxy) is 3. The van der Waals surface area contributed by atoms with Crippen molar-refractivity contribution in [2.45, 2.75) is 0 Å². The maximum absolute atomic E-state index is 11.3. The zero-order valence-corrected chi connectivity index (χ0v) is 14.0. The minimum atomic E-state index is -0.0141. The van der Waals surface area contributed by atoms with Crippen LogP contribution in [0.15, 0.2) is 23.6 Å². The van der Waals surface area contributed by atoms with E-state index in [1.807, 2.05) is 0 Å². The maximum atomic E-state index is 11.3. The monoisotopic (exact) mass is 345 g/mol. The first-order chi connectivity index (χ1) is 11.7. The second kappa shape index (κ2) is 6.67. The van der Waals surface area contributed by atoms with Gasteiger partial charge in [0, 0.05) is 5.38 Å². The highest BCUT2D eigenvalue weighted by atomic mass is 32.1. The van der Waals surface area contributed by atoms with E-state index in [0.717, 1.165) is 0 Å². The van der Waals surface area contributed by atoms with E-state index in [1.165, 1.54) is 37.2 Å². The summed E-state index contributed by atoms with van der Waals surface area (Å²) in [5.41, 5.74) is 1.01.